The molecule has 5 heteroatoms. The highest BCUT2D eigenvalue weighted by Crippen LogP contribution is 2.21. The number of ether oxygens (including phenoxy) is 2. The molecule has 1 aliphatic heterocycles. The molecule has 102 valence electrons. The molecule has 0 amide bonds. The van der Waals surface area contributed by atoms with Crippen LogP contribution < -0.4 is 0 Å². The Morgan fingerprint density at radius 3 is 2.79 bits per heavy atom. The summed E-state index contributed by atoms with van der Waals surface area (Å²) >= 11 is 0. The summed E-state index contributed by atoms with van der Waals surface area (Å²) in [6, 6.07) is 0. The molecule has 1 unspecified atom stereocenters. The predicted octanol–water partition coefficient (Wildman–Crippen LogP) is 1.47. The number of hydrogen-bond donors (Lipinski definition) is 0. The zero-order valence-corrected chi connectivity index (χ0v) is 10.6. The van der Waals surface area contributed by atoms with Gasteiger partial charge in [-0.25, -0.2) is 0 Å². The number of carbonyl (C=O) groups excluding carboxylic acids is 3. The first kappa shape index (κ1) is 13.5. The van der Waals surface area contributed by atoms with Crippen LogP contribution in [0.4, 0.5) is 0 Å². The van der Waals surface area contributed by atoms with Crippen molar-refractivity contribution >= 4 is 17.7 Å². The van der Waals surface area contributed by atoms with Gasteiger partial charge in [-0.3, -0.25) is 14.4 Å². The van der Waals surface area contributed by atoms with E-state index in [0.29, 0.717) is 31.3 Å². The van der Waals surface area contributed by atoms with E-state index in [0.717, 1.165) is 0 Å². The quantitative estimate of drug-likeness (QED) is 0.376. The molecule has 0 radical (unpaired) electrons. The largest absolute Gasteiger partial charge is 0.465 e. The molecular weight excluding hydrogens is 248 g/mol. The minimum Gasteiger partial charge on any atom is -0.465 e. The molecule has 2 rings (SSSR count). The molecule has 0 saturated heterocycles. The first-order valence-corrected chi connectivity index (χ1v) is 6.39. The van der Waals surface area contributed by atoms with Gasteiger partial charge in [0, 0.05) is 6.42 Å². The lowest BCUT2D eigenvalue weighted by Crippen LogP contribution is -2.24. The van der Waals surface area contributed by atoms with Gasteiger partial charge in [0.15, 0.2) is 5.78 Å². The molecule has 2 aliphatic rings. The molecule has 0 aromatic carbocycles. The molecule has 1 heterocycles. The number of allylic oxidation sites excluding steroid dienone is 2. The molecular formula is C14H16O5. The minimum absolute atomic E-state index is 0.0964. The SMILES string of the molecule is O=C1CC(=O)OC2C=C(C/C=C/CCO1)C(=O)CC2. The first-order chi connectivity index (χ1) is 9.15. The summed E-state index contributed by atoms with van der Waals surface area (Å²) in [7, 11) is 0. The third-order valence-electron chi connectivity index (χ3n) is 3.02. The standard InChI is InChI=1S/C14H16O5/c15-12-6-5-11-8-10(12)4-2-1-3-7-18-13(16)9-14(17)19-11/h1-2,8,11H,3-7,9H2/b2-1+. The Balaban J connectivity index is 2.12. The fourth-order valence-corrected chi connectivity index (χ4v) is 2.06. The van der Waals surface area contributed by atoms with E-state index in [4.69, 9.17) is 9.47 Å². The van der Waals surface area contributed by atoms with Crippen molar-refractivity contribution in [1.82, 2.24) is 0 Å². The van der Waals surface area contributed by atoms with E-state index < -0.39 is 18.0 Å². The maximum Gasteiger partial charge on any atom is 0.317 e. The Labute approximate surface area is 111 Å². The Morgan fingerprint density at radius 1 is 1.11 bits per heavy atom. The number of rotatable bonds is 0. The third kappa shape index (κ3) is 4.05. The van der Waals surface area contributed by atoms with Crippen LogP contribution in [0.1, 0.15) is 32.1 Å². The molecule has 19 heavy (non-hydrogen) atoms. The van der Waals surface area contributed by atoms with E-state index in [1.165, 1.54) is 0 Å². The predicted molar refractivity (Wildman–Crippen MR) is 66.2 cm³/mol. The van der Waals surface area contributed by atoms with Crippen molar-refractivity contribution in [3.05, 3.63) is 23.8 Å². The third-order valence-corrected chi connectivity index (χ3v) is 3.02. The Kier molecular flexibility index (Phi) is 4.49. The number of cyclic esters (lactones) is 1. The van der Waals surface area contributed by atoms with Gasteiger partial charge in [-0.05, 0) is 30.9 Å². The van der Waals surface area contributed by atoms with E-state index in [1.54, 1.807) is 6.08 Å². The van der Waals surface area contributed by atoms with Crippen LogP contribution in [0.3, 0.4) is 0 Å². The molecule has 0 fully saturated rings. The summed E-state index contributed by atoms with van der Waals surface area (Å²) < 4.78 is 10.0. The van der Waals surface area contributed by atoms with Crippen molar-refractivity contribution in [1.29, 1.82) is 0 Å². The summed E-state index contributed by atoms with van der Waals surface area (Å²) in [6.45, 7) is 0.235. The van der Waals surface area contributed by atoms with Gasteiger partial charge in [-0.15, -0.1) is 0 Å². The fourth-order valence-electron chi connectivity index (χ4n) is 2.06. The van der Waals surface area contributed by atoms with E-state index >= 15 is 0 Å². The van der Waals surface area contributed by atoms with Crippen molar-refractivity contribution in [2.45, 2.75) is 38.2 Å². The zero-order valence-electron chi connectivity index (χ0n) is 10.6. The Morgan fingerprint density at radius 2 is 1.95 bits per heavy atom. The number of ketones is 1. The van der Waals surface area contributed by atoms with Crippen molar-refractivity contribution in [2.24, 2.45) is 0 Å². The van der Waals surface area contributed by atoms with Crippen LogP contribution in [-0.4, -0.2) is 30.4 Å². The average molecular weight is 264 g/mol. The van der Waals surface area contributed by atoms with E-state index in [-0.39, 0.29) is 18.8 Å². The maximum absolute atomic E-state index is 11.7. The lowest BCUT2D eigenvalue weighted by molar-refractivity contribution is -0.156. The zero-order chi connectivity index (χ0) is 13.7. The Hall–Kier alpha value is -1.91. The van der Waals surface area contributed by atoms with Crippen molar-refractivity contribution in [3.63, 3.8) is 0 Å². The maximum atomic E-state index is 11.7. The highest BCUT2D eigenvalue weighted by atomic mass is 16.6. The van der Waals surface area contributed by atoms with E-state index in [1.807, 2.05) is 12.2 Å². The lowest BCUT2D eigenvalue weighted by Gasteiger charge is -2.19. The number of hydrogen-bond acceptors (Lipinski definition) is 5. The van der Waals surface area contributed by atoms with E-state index in [2.05, 4.69) is 0 Å². The molecule has 0 aromatic heterocycles. The number of esters is 2. The molecule has 5 nitrogen and oxygen atoms in total. The molecule has 1 atom stereocenters. The highest BCUT2D eigenvalue weighted by Gasteiger charge is 2.23. The van der Waals surface area contributed by atoms with Crippen LogP contribution >= 0.6 is 0 Å². The second-order valence-corrected chi connectivity index (χ2v) is 4.54. The second kappa shape index (κ2) is 6.31. The van der Waals surface area contributed by atoms with Crippen LogP contribution in [0.25, 0.3) is 0 Å². The lowest BCUT2D eigenvalue weighted by atomic mass is 9.93. The van der Waals surface area contributed by atoms with Gasteiger partial charge in [0.05, 0.1) is 6.61 Å². The van der Waals surface area contributed by atoms with Crippen molar-refractivity contribution in [3.8, 4) is 0 Å². The molecule has 2 bridgehead atoms. The van der Waals surface area contributed by atoms with E-state index in [9.17, 15) is 14.4 Å². The van der Waals surface area contributed by atoms with Crippen molar-refractivity contribution < 1.29 is 23.9 Å². The number of carbonyl (C=O) groups is 3. The smallest absolute Gasteiger partial charge is 0.317 e. The Bertz CT molecular complexity index is 447. The highest BCUT2D eigenvalue weighted by molar-refractivity contribution is 5.96. The molecule has 1 aliphatic carbocycles. The normalized spacial score (nSPS) is 27.1. The monoisotopic (exact) mass is 264 g/mol. The molecule has 0 saturated carbocycles. The minimum atomic E-state index is -0.604. The first-order valence-electron chi connectivity index (χ1n) is 6.39. The summed E-state index contributed by atoms with van der Waals surface area (Å²) in [5.74, 6) is -1.08. The summed E-state index contributed by atoms with van der Waals surface area (Å²) in [5, 5.41) is 0. The van der Waals surface area contributed by atoms with Gasteiger partial charge in [0.2, 0.25) is 0 Å². The van der Waals surface area contributed by atoms with Gasteiger partial charge in [-0.1, -0.05) is 12.2 Å². The second-order valence-electron chi connectivity index (χ2n) is 4.54. The van der Waals surface area contributed by atoms with Crippen LogP contribution in [0.2, 0.25) is 0 Å². The van der Waals surface area contributed by atoms with Gasteiger partial charge in [0.1, 0.15) is 12.5 Å². The molecule has 0 N–H and O–H groups in total. The van der Waals surface area contributed by atoms with Crippen LogP contribution in [0.5, 0.6) is 0 Å². The fraction of sp³-hybridized carbons (Fsp3) is 0.500. The topological polar surface area (TPSA) is 69.7 Å². The van der Waals surface area contributed by atoms with Crippen molar-refractivity contribution in [2.75, 3.05) is 6.61 Å². The van der Waals surface area contributed by atoms with Gasteiger partial charge in [0.25, 0.3) is 0 Å². The molecule has 0 aromatic rings. The number of Topliss-reactive ketones (excluding diaryl/α,β-unsaturated/α-hetero) is 1. The summed E-state index contributed by atoms with van der Waals surface area (Å²) in [4.78, 5) is 34.5. The van der Waals surface area contributed by atoms with Gasteiger partial charge < -0.3 is 9.47 Å². The number of fused-ring (bicyclic) bond motifs is 1. The molecule has 0 spiro atoms. The van der Waals surface area contributed by atoms with Crippen LogP contribution in [-0.2, 0) is 23.9 Å². The van der Waals surface area contributed by atoms with Gasteiger partial charge >= 0.3 is 11.9 Å². The van der Waals surface area contributed by atoms with Crippen LogP contribution in [0.15, 0.2) is 23.8 Å². The summed E-state index contributed by atoms with van der Waals surface area (Å²) in [5.41, 5.74) is 0.673. The van der Waals surface area contributed by atoms with Gasteiger partial charge in [-0.2, -0.15) is 0 Å². The average Bonchev–Trinajstić information content (AvgIpc) is 2.37. The summed E-state index contributed by atoms with van der Waals surface area (Å²) in [6.07, 6.45) is 6.60. The van der Waals surface area contributed by atoms with Crippen LogP contribution in [0, 0.1) is 0 Å².